The summed E-state index contributed by atoms with van der Waals surface area (Å²) in [5.41, 5.74) is 2.71. The SMILES string of the molecule is Cc1sc2c(c1C)C(=O)N[C@H](c1ccc(O)c(I)c1)N2. The van der Waals surface area contributed by atoms with Crippen molar-refractivity contribution in [2.24, 2.45) is 0 Å². The van der Waals surface area contributed by atoms with Crippen molar-refractivity contribution in [3.8, 4) is 5.75 Å². The number of hydrogen-bond donors (Lipinski definition) is 3. The fourth-order valence-corrected chi connectivity index (χ4v) is 3.87. The highest BCUT2D eigenvalue weighted by molar-refractivity contribution is 14.1. The minimum Gasteiger partial charge on any atom is -0.507 e. The Balaban J connectivity index is 1.99. The third-order valence-electron chi connectivity index (χ3n) is 3.47. The largest absolute Gasteiger partial charge is 0.507 e. The molecule has 1 aliphatic rings. The zero-order valence-electron chi connectivity index (χ0n) is 11.0. The van der Waals surface area contributed by atoms with Crippen LogP contribution in [-0.2, 0) is 0 Å². The summed E-state index contributed by atoms with van der Waals surface area (Å²) in [6.45, 7) is 3.99. The minimum atomic E-state index is -0.262. The third-order valence-corrected chi connectivity index (χ3v) is 5.47. The van der Waals surface area contributed by atoms with Crippen LogP contribution in [-0.4, -0.2) is 11.0 Å². The molecule has 1 aromatic carbocycles. The van der Waals surface area contributed by atoms with Gasteiger partial charge in [-0.3, -0.25) is 4.79 Å². The molecule has 1 aromatic heterocycles. The molecule has 3 N–H and O–H groups in total. The number of amides is 1. The summed E-state index contributed by atoms with van der Waals surface area (Å²) in [5, 5.41) is 16.8. The van der Waals surface area contributed by atoms with Gasteiger partial charge in [0, 0.05) is 4.88 Å². The fourth-order valence-electron chi connectivity index (χ4n) is 2.24. The quantitative estimate of drug-likeness (QED) is 0.642. The van der Waals surface area contributed by atoms with E-state index in [2.05, 4.69) is 33.2 Å². The van der Waals surface area contributed by atoms with Crippen molar-refractivity contribution in [1.82, 2.24) is 5.32 Å². The highest BCUT2D eigenvalue weighted by Gasteiger charge is 2.29. The number of hydrogen-bond acceptors (Lipinski definition) is 4. The monoisotopic (exact) mass is 400 g/mol. The Bertz CT molecular complexity index is 711. The Morgan fingerprint density at radius 3 is 2.75 bits per heavy atom. The number of phenolic OH excluding ortho intramolecular Hbond substituents is 1. The maximum atomic E-state index is 12.3. The van der Waals surface area contributed by atoms with Crippen LogP contribution in [0.3, 0.4) is 0 Å². The summed E-state index contributed by atoms with van der Waals surface area (Å²) in [4.78, 5) is 13.4. The van der Waals surface area contributed by atoms with Crippen LogP contribution in [0.2, 0.25) is 0 Å². The molecule has 6 heteroatoms. The van der Waals surface area contributed by atoms with Crippen molar-refractivity contribution in [1.29, 1.82) is 0 Å². The lowest BCUT2D eigenvalue weighted by molar-refractivity contribution is 0.0936. The Morgan fingerprint density at radius 1 is 1.30 bits per heavy atom. The van der Waals surface area contributed by atoms with Gasteiger partial charge in [-0.1, -0.05) is 6.07 Å². The third kappa shape index (κ3) is 2.16. The van der Waals surface area contributed by atoms with Crippen LogP contribution < -0.4 is 10.6 Å². The summed E-state index contributed by atoms with van der Waals surface area (Å²) in [6, 6.07) is 5.32. The van der Waals surface area contributed by atoms with Crippen LogP contribution in [0, 0.1) is 17.4 Å². The van der Waals surface area contributed by atoms with E-state index in [1.165, 1.54) is 0 Å². The van der Waals surface area contributed by atoms with Gasteiger partial charge in [0.15, 0.2) is 0 Å². The summed E-state index contributed by atoms with van der Waals surface area (Å²) < 4.78 is 0.764. The molecule has 0 aliphatic carbocycles. The number of aromatic hydroxyl groups is 1. The molecule has 0 bridgehead atoms. The number of aryl methyl sites for hydroxylation is 1. The number of benzene rings is 1. The molecule has 1 amide bonds. The minimum absolute atomic E-state index is 0.0475. The highest BCUT2D eigenvalue weighted by atomic mass is 127. The van der Waals surface area contributed by atoms with Crippen LogP contribution >= 0.6 is 33.9 Å². The molecule has 0 fully saturated rings. The van der Waals surface area contributed by atoms with E-state index in [4.69, 9.17) is 0 Å². The summed E-state index contributed by atoms with van der Waals surface area (Å²) in [6.07, 6.45) is -0.262. The second-order valence-electron chi connectivity index (χ2n) is 4.75. The van der Waals surface area contributed by atoms with E-state index in [1.54, 1.807) is 17.4 Å². The summed E-state index contributed by atoms with van der Waals surface area (Å²) >= 11 is 3.68. The maximum absolute atomic E-state index is 12.3. The number of carbonyl (C=O) groups is 1. The first-order valence-corrected chi connectivity index (χ1v) is 8.02. The molecule has 3 rings (SSSR count). The normalized spacial score (nSPS) is 17.4. The number of carbonyl (C=O) groups excluding carboxylic acids is 1. The Labute approximate surface area is 134 Å². The van der Waals surface area contributed by atoms with Gasteiger partial charge in [-0.05, 0) is 59.7 Å². The number of nitrogens with one attached hydrogen (secondary N) is 2. The Kier molecular flexibility index (Phi) is 3.37. The van der Waals surface area contributed by atoms with Gasteiger partial charge in [-0.25, -0.2) is 0 Å². The van der Waals surface area contributed by atoms with Crippen LogP contribution in [0.5, 0.6) is 5.75 Å². The van der Waals surface area contributed by atoms with Gasteiger partial charge in [0.25, 0.3) is 5.91 Å². The second-order valence-corrected chi connectivity index (χ2v) is 7.14. The van der Waals surface area contributed by atoms with Gasteiger partial charge in [0.2, 0.25) is 0 Å². The smallest absolute Gasteiger partial charge is 0.256 e. The molecule has 2 aromatic rings. The van der Waals surface area contributed by atoms with Crippen molar-refractivity contribution in [2.45, 2.75) is 20.0 Å². The first kappa shape index (κ1) is 13.7. The van der Waals surface area contributed by atoms with E-state index in [1.807, 2.05) is 26.0 Å². The molecular formula is C14H13IN2O2S. The highest BCUT2D eigenvalue weighted by Crippen LogP contribution is 2.37. The lowest BCUT2D eigenvalue weighted by Gasteiger charge is -2.26. The molecule has 0 unspecified atom stereocenters. The predicted molar refractivity (Wildman–Crippen MR) is 88.4 cm³/mol. The van der Waals surface area contributed by atoms with Crippen molar-refractivity contribution in [3.05, 3.63) is 43.3 Å². The molecule has 2 heterocycles. The Morgan fingerprint density at radius 2 is 2.05 bits per heavy atom. The van der Waals surface area contributed by atoms with Crippen LogP contribution in [0.4, 0.5) is 5.00 Å². The van der Waals surface area contributed by atoms with Gasteiger partial charge < -0.3 is 15.7 Å². The zero-order valence-corrected chi connectivity index (χ0v) is 13.9. The predicted octanol–water partition coefficient (Wildman–Crippen LogP) is 3.53. The van der Waals surface area contributed by atoms with E-state index in [0.29, 0.717) is 0 Å². The molecule has 0 radical (unpaired) electrons. The van der Waals surface area contributed by atoms with Gasteiger partial charge in [-0.15, -0.1) is 11.3 Å². The van der Waals surface area contributed by atoms with Gasteiger partial charge in [0.1, 0.15) is 16.9 Å². The van der Waals surface area contributed by atoms with E-state index < -0.39 is 0 Å². The van der Waals surface area contributed by atoms with Crippen molar-refractivity contribution < 1.29 is 9.90 Å². The van der Waals surface area contributed by atoms with Gasteiger partial charge in [0.05, 0.1) is 9.13 Å². The average molecular weight is 400 g/mol. The topological polar surface area (TPSA) is 61.4 Å². The number of rotatable bonds is 1. The molecule has 0 spiro atoms. The summed E-state index contributed by atoms with van der Waals surface area (Å²) in [7, 11) is 0. The second kappa shape index (κ2) is 4.92. The van der Waals surface area contributed by atoms with Gasteiger partial charge in [-0.2, -0.15) is 0 Å². The molecule has 0 saturated carbocycles. The molecule has 4 nitrogen and oxygen atoms in total. The molecule has 1 atom stereocenters. The first-order chi connectivity index (χ1) is 9.47. The van der Waals surface area contributed by atoms with E-state index in [0.717, 1.165) is 30.1 Å². The van der Waals surface area contributed by atoms with E-state index in [9.17, 15) is 9.90 Å². The molecule has 0 saturated heterocycles. The lowest BCUT2D eigenvalue weighted by Crippen LogP contribution is -2.38. The van der Waals surface area contributed by atoms with Crippen LogP contribution in [0.1, 0.15) is 32.5 Å². The molecular weight excluding hydrogens is 387 g/mol. The van der Waals surface area contributed by atoms with Gasteiger partial charge >= 0.3 is 0 Å². The number of anilines is 1. The lowest BCUT2D eigenvalue weighted by atomic mass is 10.1. The van der Waals surface area contributed by atoms with Crippen molar-refractivity contribution >= 4 is 44.8 Å². The molecule has 20 heavy (non-hydrogen) atoms. The first-order valence-electron chi connectivity index (χ1n) is 6.13. The maximum Gasteiger partial charge on any atom is 0.256 e. The van der Waals surface area contributed by atoms with E-state index in [-0.39, 0.29) is 17.8 Å². The fraction of sp³-hybridized carbons (Fsp3) is 0.214. The van der Waals surface area contributed by atoms with Crippen molar-refractivity contribution in [3.63, 3.8) is 0 Å². The molecule has 1 aliphatic heterocycles. The van der Waals surface area contributed by atoms with E-state index >= 15 is 0 Å². The van der Waals surface area contributed by atoms with Crippen LogP contribution in [0.15, 0.2) is 18.2 Å². The number of thiophene rings is 1. The molecule has 104 valence electrons. The standard InChI is InChI=1S/C14H13IN2O2S/c1-6-7(2)20-14-11(6)13(19)16-12(17-14)8-3-4-10(18)9(15)5-8/h3-5,12,17-18H,1-2H3,(H,16,19)/t12-/m0/s1. The summed E-state index contributed by atoms with van der Waals surface area (Å²) in [5.74, 6) is 0.202. The van der Waals surface area contributed by atoms with Crippen LogP contribution in [0.25, 0.3) is 0 Å². The van der Waals surface area contributed by atoms with Crippen molar-refractivity contribution in [2.75, 3.05) is 5.32 Å². The number of halogens is 1. The number of phenols is 1. The Hall–Kier alpha value is -1.28. The zero-order chi connectivity index (χ0) is 14.4. The average Bonchev–Trinajstić information content (AvgIpc) is 2.68. The number of fused-ring (bicyclic) bond motifs is 1.